The Morgan fingerprint density at radius 2 is 1.81 bits per heavy atom. The number of sulfonamides is 1. The van der Waals surface area contributed by atoms with Crippen molar-refractivity contribution in [2.24, 2.45) is 9.39 Å². The van der Waals surface area contributed by atoms with Gasteiger partial charge in [-0.1, -0.05) is 66.2 Å². The summed E-state index contributed by atoms with van der Waals surface area (Å²) in [6.07, 6.45) is -4.55. The number of hydrogen-bond donors (Lipinski definition) is 1. The van der Waals surface area contributed by atoms with Gasteiger partial charge in [0.05, 0.1) is 47.7 Å². The van der Waals surface area contributed by atoms with E-state index < -0.39 is 27.9 Å². The quantitative estimate of drug-likeness (QED) is 0.209. The highest BCUT2D eigenvalue weighted by Crippen LogP contribution is 2.42. The van der Waals surface area contributed by atoms with Crippen molar-refractivity contribution >= 4 is 54.1 Å². The average molecular weight is 731 g/mol. The number of ether oxygens (including phenoxy) is 2. The molecule has 0 spiro atoms. The lowest BCUT2D eigenvalue weighted by Gasteiger charge is -2.27. The normalized spacial score (nSPS) is 17.6. The molecule has 9 nitrogen and oxygen atoms in total. The molecule has 6 rings (SSSR count). The molecule has 0 amide bonds. The van der Waals surface area contributed by atoms with Gasteiger partial charge in [-0.2, -0.15) is 26.6 Å². The van der Waals surface area contributed by atoms with E-state index in [0.717, 1.165) is 17.5 Å². The molecule has 47 heavy (non-hydrogen) atoms. The summed E-state index contributed by atoms with van der Waals surface area (Å²) in [5, 5.41) is 3.10. The smallest absolute Gasteiger partial charge is 0.416 e. The van der Waals surface area contributed by atoms with Crippen LogP contribution in [0.25, 0.3) is 10.8 Å². The van der Waals surface area contributed by atoms with Crippen LogP contribution in [0.1, 0.15) is 37.0 Å². The van der Waals surface area contributed by atoms with E-state index in [9.17, 15) is 21.6 Å². The van der Waals surface area contributed by atoms with Crippen LogP contribution >= 0.6 is 15.9 Å². The van der Waals surface area contributed by atoms with Crippen molar-refractivity contribution in [1.29, 1.82) is 0 Å². The summed E-state index contributed by atoms with van der Waals surface area (Å²) in [4.78, 5) is 6.73. The zero-order chi connectivity index (χ0) is 33.5. The van der Waals surface area contributed by atoms with Crippen molar-refractivity contribution in [2.45, 2.75) is 37.5 Å². The lowest BCUT2D eigenvalue weighted by atomic mass is 9.97. The third-order valence-corrected chi connectivity index (χ3v) is 9.69. The van der Waals surface area contributed by atoms with Crippen molar-refractivity contribution in [3.05, 3.63) is 94.0 Å². The Hall–Kier alpha value is -4.14. The minimum atomic E-state index is -4.58. The van der Waals surface area contributed by atoms with Gasteiger partial charge in [-0.3, -0.25) is 15.3 Å². The van der Waals surface area contributed by atoms with Crippen LogP contribution in [0.5, 0.6) is 11.5 Å². The number of hydrazine groups is 1. The molecule has 2 aliphatic rings. The van der Waals surface area contributed by atoms with Crippen LogP contribution in [-0.4, -0.2) is 58.1 Å². The van der Waals surface area contributed by atoms with Crippen LogP contribution in [0.15, 0.2) is 91.6 Å². The molecule has 1 fully saturated rings. The standard InChI is InChI=1S/C33H31BrF3N5O4S/c1-4-15-46-26-16-21(33(35,36)37)13-14-24(26)31-30-25(17-22(34)18-27(30)45-3)42-29(19-38-31)41(5-2)39-32(42)40-47(43,44)28-12-8-10-20-9-6-7-11-23(20)28/h6-14,16-18,29H,4-5,15,19H2,1-3H3,(H,39,40). The Labute approximate surface area is 278 Å². The molecule has 1 N–H and O–H groups in total. The van der Waals surface area contributed by atoms with Crippen LogP contribution in [0.4, 0.5) is 18.9 Å². The van der Waals surface area contributed by atoms with E-state index in [1.54, 1.807) is 35.2 Å². The first-order chi connectivity index (χ1) is 22.5. The number of fused-ring (bicyclic) bond motifs is 4. The van der Waals surface area contributed by atoms with Gasteiger partial charge in [0.15, 0.2) is 0 Å². The van der Waals surface area contributed by atoms with Crippen LogP contribution in [-0.2, 0) is 16.2 Å². The Morgan fingerprint density at radius 1 is 1.04 bits per heavy atom. The zero-order valence-corrected chi connectivity index (χ0v) is 28.1. The Bertz CT molecular complexity index is 2010. The molecule has 0 aliphatic carbocycles. The van der Waals surface area contributed by atoms with Crippen molar-refractivity contribution in [3.63, 3.8) is 0 Å². The van der Waals surface area contributed by atoms with E-state index in [0.29, 0.717) is 51.1 Å². The van der Waals surface area contributed by atoms with Gasteiger partial charge in [0, 0.05) is 22.0 Å². The second-order valence-electron chi connectivity index (χ2n) is 10.9. The minimum Gasteiger partial charge on any atom is -0.496 e. The Morgan fingerprint density at radius 3 is 2.53 bits per heavy atom. The molecule has 246 valence electrons. The Kier molecular flexibility index (Phi) is 8.94. The van der Waals surface area contributed by atoms with Gasteiger partial charge in [-0.25, -0.2) is 0 Å². The molecule has 0 saturated carbocycles. The van der Waals surface area contributed by atoms with E-state index in [2.05, 4.69) is 25.8 Å². The molecule has 2 heterocycles. The first-order valence-electron chi connectivity index (χ1n) is 14.9. The number of rotatable bonds is 8. The van der Waals surface area contributed by atoms with Gasteiger partial charge in [0.25, 0.3) is 10.0 Å². The lowest BCUT2D eigenvalue weighted by Crippen LogP contribution is -2.43. The molecule has 2 aliphatic heterocycles. The summed E-state index contributed by atoms with van der Waals surface area (Å²) in [6.45, 7) is 4.51. The molecule has 0 aromatic heterocycles. The third kappa shape index (κ3) is 6.17. The second kappa shape index (κ2) is 12.8. The topological polar surface area (TPSA) is 95.8 Å². The number of nitrogens with zero attached hydrogens (tertiary/aromatic N) is 4. The first kappa shape index (κ1) is 32.8. The van der Waals surface area contributed by atoms with Crippen molar-refractivity contribution in [2.75, 3.05) is 31.7 Å². The van der Waals surface area contributed by atoms with Gasteiger partial charge >= 0.3 is 6.18 Å². The van der Waals surface area contributed by atoms with E-state index >= 15 is 0 Å². The Balaban J connectivity index is 1.56. The second-order valence-corrected chi connectivity index (χ2v) is 13.4. The lowest BCUT2D eigenvalue weighted by molar-refractivity contribution is -0.137. The number of aliphatic imine (C=N–C) groups is 1. The SMILES string of the molecule is CCCOc1cc(C(F)(F)F)ccc1C1=NCC2N(CC)NC(=NS(=O)(=O)c3cccc4ccccc34)N2c2cc(Br)cc(OC)c21. The number of methoxy groups -OCH3 is 1. The van der Waals surface area contributed by atoms with E-state index in [-0.39, 0.29) is 29.8 Å². The molecule has 1 atom stereocenters. The summed E-state index contributed by atoms with van der Waals surface area (Å²) < 4.78 is 85.8. The highest BCUT2D eigenvalue weighted by atomic mass is 79.9. The summed E-state index contributed by atoms with van der Waals surface area (Å²) in [5.74, 6) is 0.426. The minimum absolute atomic E-state index is 0.0244. The summed E-state index contributed by atoms with van der Waals surface area (Å²) in [7, 11) is -2.77. The molecule has 1 saturated heterocycles. The van der Waals surface area contributed by atoms with Gasteiger partial charge in [0.1, 0.15) is 17.7 Å². The average Bonchev–Trinajstić information content (AvgIpc) is 3.29. The molecule has 4 aromatic carbocycles. The number of hydrogen-bond acceptors (Lipinski definition) is 6. The monoisotopic (exact) mass is 729 g/mol. The van der Waals surface area contributed by atoms with Gasteiger partial charge in [-0.15, -0.1) is 4.40 Å². The van der Waals surface area contributed by atoms with Crippen LogP contribution in [0.3, 0.4) is 0 Å². The third-order valence-electron chi connectivity index (χ3n) is 7.91. The fourth-order valence-electron chi connectivity index (χ4n) is 5.78. The highest BCUT2D eigenvalue weighted by molar-refractivity contribution is 9.10. The fourth-order valence-corrected chi connectivity index (χ4v) is 7.38. The number of nitrogens with one attached hydrogen (secondary N) is 1. The summed E-state index contributed by atoms with van der Waals surface area (Å²) in [6, 6.07) is 19.0. The fraction of sp³-hybridized carbons (Fsp3) is 0.273. The number of halogens is 4. The van der Waals surface area contributed by atoms with Gasteiger partial charge < -0.3 is 9.47 Å². The number of alkyl halides is 3. The molecule has 0 radical (unpaired) electrons. The maximum atomic E-state index is 14.0. The number of guanidine groups is 1. The maximum absolute atomic E-state index is 14.0. The predicted octanol–water partition coefficient (Wildman–Crippen LogP) is 6.99. The predicted molar refractivity (Wildman–Crippen MR) is 179 cm³/mol. The largest absolute Gasteiger partial charge is 0.496 e. The zero-order valence-electron chi connectivity index (χ0n) is 25.7. The van der Waals surface area contributed by atoms with Crippen LogP contribution in [0.2, 0.25) is 0 Å². The number of benzene rings is 4. The molecule has 1 unspecified atom stereocenters. The van der Waals surface area contributed by atoms with Crippen molar-refractivity contribution in [3.8, 4) is 11.5 Å². The molecular formula is C33H31BrF3N5O4S. The summed E-state index contributed by atoms with van der Waals surface area (Å²) >= 11 is 3.55. The molecule has 0 bridgehead atoms. The molecular weight excluding hydrogens is 699 g/mol. The van der Waals surface area contributed by atoms with Gasteiger partial charge in [-0.05, 0) is 48.2 Å². The van der Waals surface area contributed by atoms with E-state index in [4.69, 9.17) is 14.5 Å². The summed E-state index contributed by atoms with van der Waals surface area (Å²) in [5.41, 5.74) is 3.91. The van der Waals surface area contributed by atoms with Crippen LogP contribution < -0.4 is 19.8 Å². The number of anilines is 1. The van der Waals surface area contributed by atoms with Gasteiger partial charge in [0.2, 0.25) is 5.96 Å². The van der Waals surface area contributed by atoms with Crippen molar-refractivity contribution < 1.29 is 31.1 Å². The van der Waals surface area contributed by atoms with Crippen LogP contribution in [0, 0.1) is 0 Å². The highest BCUT2D eigenvalue weighted by Gasteiger charge is 2.42. The van der Waals surface area contributed by atoms with E-state index in [1.165, 1.54) is 19.2 Å². The molecule has 4 aromatic rings. The molecule has 14 heteroatoms. The van der Waals surface area contributed by atoms with Crippen molar-refractivity contribution in [1.82, 2.24) is 10.4 Å². The van der Waals surface area contributed by atoms with E-state index in [1.807, 2.05) is 37.1 Å². The first-order valence-corrected chi connectivity index (χ1v) is 17.1. The maximum Gasteiger partial charge on any atom is 0.416 e. The number of likely N-dealkylation sites (N-methyl/N-ethyl adjacent to an activating group) is 1.